The number of nitrogens with one attached hydrogen (secondary N) is 1. The highest BCUT2D eigenvalue weighted by molar-refractivity contribution is 5.92. The van der Waals surface area contributed by atoms with Crippen LogP contribution in [0.2, 0.25) is 0 Å². The third-order valence-electron chi connectivity index (χ3n) is 4.03. The molecule has 0 bridgehead atoms. The molecule has 0 unspecified atom stereocenters. The van der Waals surface area contributed by atoms with Crippen molar-refractivity contribution in [2.45, 2.75) is 38.5 Å². The van der Waals surface area contributed by atoms with Crippen LogP contribution >= 0.6 is 0 Å². The predicted octanol–water partition coefficient (Wildman–Crippen LogP) is 4.14. The number of halogens is 3. The van der Waals surface area contributed by atoms with Gasteiger partial charge in [-0.05, 0) is 30.5 Å². The van der Waals surface area contributed by atoms with E-state index in [1.54, 1.807) is 25.3 Å². The monoisotopic (exact) mass is 315 g/mol. The van der Waals surface area contributed by atoms with Gasteiger partial charge in [0.2, 0.25) is 5.91 Å². The van der Waals surface area contributed by atoms with Crippen LogP contribution in [0.4, 0.5) is 18.9 Å². The summed E-state index contributed by atoms with van der Waals surface area (Å²) in [7, 11) is 1.56. The standard InChI is InChI=1S/C16H20F3NO2/c1-22-10-11-5-4-6-12(9-11)20-15(21)13-7-2-3-8-14(13)16(17,18)19/h4-6,9,13-14H,2-3,7-8,10H2,1H3,(H,20,21)/t13-,14-/m0/s1. The van der Waals surface area contributed by atoms with E-state index in [-0.39, 0.29) is 12.8 Å². The third kappa shape index (κ3) is 4.22. The van der Waals surface area contributed by atoms with Gasteiger partial charge in [-0.1, -0.05) is 25.0 Å². The molecule has 22 heavy (non-hydrogen) atoms. The maximum atomic E-state index is 13.1. The van der Waals surface area contributed by atoms with E-state index in [1.807, 2.05) is 6.07 Å². The molecule has 0 radical (unpaired) electrons. The van der Waals surface area contributed by atoms with Gasteiger partial charge in [0, 0.05) is 18.7 Å². The van der Waals surface area contributed by atoms with Crippen molar-refractivity contribution in [1.82, 2.24) is 0 Å². The van der Waals surface area contributed by atoms with E-state index in [1.165, 1.54) is 0 Å². The minimum absolute atomic E-state index is 0.0330. The first-order chi connectivity index (χ1) is 10.4. The summed E-state index contributed by atoms with van der Waals surface area (Å²) in [5, 5.41) is 2.62. The van der Waals surface area contributed by atoms with Gasteiger partial charge >= 0.3 is 6.18 Å². The second-order valence-electron chi connectivity index (χ2n) is 5.66. The van der Waals surface area contributed by atoms with Crippen molar-refractivity contribution in [2.75, 3.05) is 12.4 Å². The van der Waals surface area contributed by atoms with Crippen LogP contribution < -0.4 is 5.32 Å². The van der Waals surface area contributed by atoms with Crippen molar-refractivity contribution < 1.29 is 22.7 Å². The second kappa shape index (κ2) is 7.13. The zero-order valence-corrected chi connectivity index (χ0v) is 12.5. The molecule has 6 heteroatoms. The summed E-state index contributed by atoms with van der Waals surface area (Å²) >= 11 is 0. The second-order valence-corrected chi connectivity index (χ2v) is 5.66. The van der Waals surface area contributed by atoms with E-state index in [0.29, 0.717) is 25.1 Å². The number of anilines is 1. The Morgan fingerprint density at radius 3 is 2.73 bits per heavy atom. The van der Waals surface area contributed by atoms with Crippen LogP contribution in [0, 0.1) is 11.8 Å². The quantitative estimate of drug-likeness (QED) is 0.907. The first-order valence-corrected chi connectivity index (χ1v) is 7.37. The molecular formula is C16H20F3NO2. The predicted molar refractivity (Wildman–Crippen MR) is 77.3 cm³/mol. The summed E-state index contributed by atoms with van der Waals surface area (Å²) in [6.45, 7) is 0.387. The molecule has 1 aromatic rings. The SMILES string of the molecule is COCc1cccc(NC(=O)[C@H]2CCCC[C@@H]2C(F)(F)F)c1. The van der Waals surface area contributed by atoms with Crippen molar-refractivity contribution >= 4 is 11.6 Å². The maximum Gasteiger partial charge on any atom is 0.392 e. The molecule has 0 saturated heterocycles. The average Bonchev–Trinajstić information content (AvgIpc) is 2.47. The van der Waals surface area contributed by atoms with Gasteiger partial charge < -0.3 is 10.1 Å². The number of rotatable bonds is 4. The molecule has 0 aromatic heterocycles. The molecule has 1 aliphatic carbocycles. The van der Waals surface area contributed by atoms with Crippen LogP contribution in [-0.2, 0) is 16.1 Å². The van der Waals surface area contributed by atoms with E-state index in [2.05, 4.69) is 5.32 Å². The normalized spacial score (nSPS) is 22.4. The Hall–Kier alpha value is -1.56. The summed E-state index contributed by atoms with van der Waals surface area (Å²) in [5.74, 6) is -3.08. The number of carbonyl (C=O) groups excluding carboxylic acids is 1. The summed E-state index contributed by atoms with van der Waals surface area (Å²) in [4.78, 5) is 12.3. The minimum atomic E-state index is -4.32. The number of amides is 1. The summed E-state index contributed by atoms with van der Waals surface area (Å²) < 4.78 is 44.2. The molecule has 1 amide bonds. The lowest BCUT2D eigenvalue weighted by atomic mass is 9.78. The molecule has 1 aliphatic rings. The molecule has 0 spiro atoms. The fraction of sp³-hybridized carbons (Fsp3) is 0.562. The number of ether oxygens (including phenoxy) is 1. The van der Waals surface area contributed by atoms with E-state index in [0.717, 1.165) is 5.56 Å². The van der Waals surface area contributed by atoms with Gasteiger partial charge in [0.1, 0.15) is 0 Å². The summed E-state index contributed by atoms with van der Waals surface area (Å²) in [6.07, 6.45) is -2.81. The highest BCUT2D eigenvalue weighted by Gasteiger charge is 2.48. The first-order valence-electron chi connectivity index (χ1n) is 7.37. The lowest BCUT2D eigenvalue weighted by molar-refractivity contribution is -0.197. The number of benzene rings is 1. The van der Waals surface area contributed by atoms with Crippen molar-refractivity contribution in [2.24, 2.45) is 11.8 Å². The molecule has 1 saturated carbocycles. The van der Waals surface area contributed by atoms with Crippen molar-refractivity contribution in [1.29, 1.82) is 0 Å². The average molecular weight is 315 g/mol. The first kappa shape index (κ1) is 16.8. The van der Waals surface area contributed by atoms with Gasteiger partial charge in [-0.25, -0.2) is 0 Å². The Balaban J connectivity index is 2.08. The molecule has 2 atom stereocenters. The van der Waals surface area contributed by atoms with E-state index in [4.69, 9.17) is 4.74 Å². The largest absolute Gasteiger partial charge is 0.392 e. The fourth-order valence-corrected chi connectivity index (χ4v) is 2.98. The van der Waals surface area contributed by atoms with Crippen LogP contribution in [-0.4, -0.2) is 19.2 Å². The lowest BCUT2D eigenvalue weighted by Crippen LogP contribution is -2.39. The van der Waals surface area contributed by atoms with Crippen molar-refractivity contribution in [3.63, 3.8) is 0 Å². The van der Waals surface area contributed by atoms with E-state index in [9.17, 15) is 18.0 Å². The Morgan fingerprint density at radius 1 is 1.32 bits per heavy atom. The highest BCUT2D eigenvalue weighted by Crippen LogP contribution is 2.41. The van der Waals surface area contributed by atoms with Crippen molar-refractivity contribution in [3.8, 4) is 0 Å². The smallest absolute Gasteiger partial charge is 0.380 e. The molecule has 0 aliphatic heterocycles. The maximum absolute atomic E-state index is 13.1. The van der Waals surface area contributed by atoms with Crippen LogP contribution in [0.15, 0.2) is 24.3 Å². The fourth-order valence-electron chi connectivity index (χ4n) is 2.98. The highest BCUT2D eigenvalue weighted by atomic mass is 19.4. The van der Waals surface area contributed by atoms with E-state index >= 15 is 0 Å². The van der Waals surface area contributed by atoms with Gasteiger partial charge in [-0.2, -0.15) is 13.2 Å². The van der Waals surface area contributed by atoms with Gasteiger partial charge in [0.15, 0.2) is 0 Å². The van der Waals surface area contributed by atoms with Crippen LogP contribution in [0.5, 0.6) is 0 Å². The number of hydrogen-bond donors (Lipinski definition) is 1. The lowest BCUT2D eigenvalue weighted by Gasteiger charge is -2.32. The van der Waals surface area contributed by atoms with E-state index < -0.39 is 23.9 Å². The molecule has 3 nitrogen and oxygen atoms in total. The molecule has 0 heterocycles. The molecule has 1 aromatic carbocycles. The van der Waals surface area contributed by atoms with Crippen molar-refractivity contribution in [3.05, 3.63) is 29.8 Å². The number of hydrogen-bond acceptors (Lipinski definition) is 2. The molecule has 2 rings (SSSR count). The van der Waals surface area contributed by atoms with Crippen LogP contribution in [0.25, 0.3) is 0 Å². The number of carbonyl (C=O) groups is 1. The molecule has 1 fully saturated rings. The third-order valence-corrected chi connectivity index (χ3v) is 4.03. The Morgan fingerprint density at radius 2 is 2.05 bits per heavy atom. The number of methoxy groups -OCH3 is 1. The summed E-state index contributed by atoms with van der Waals surface area (Å²) in [6, 6.07) is 6.96. The van der Waals surface area contributed by atoms with Gasteiger partial charge in [-0.3, -0.25) is 4.79 Å². The molecule has 122 valence electrons. The van der Waals surface area contributed by atoms with Crippen LogP contribution in [0.3, 0.4) is 0 Å². The Kier molecular flexibility index (Phi) is 5.45. The molecule has 1 N–H and O–H groups in total. The Labute approximate surface area is 127 Å². The van der Waals surface area contributed by atoms with Gasteiger partial charge in [0.25, 0.3) is 0 Å². The minimum Gasteiger partial charge on any atom is -0.380 e. The molecular weight excluding hydrogens is 295 g/mol. The summed E-state index contributed by atoms with van der Waals surface area (Å²) in [5.41, 5.74) is 1.36. The Bertz CT molecular complexity index is 516. The zero-order valence-electron chi connectivity index (χ0n) is 12.5. The zero-order chi connectivity index (χ0) is 16.2. The number of alkyl halides is 3. The van der Waals surface area contributed by atoms with Gasteiger partial charge in [-0.15, -0.1) is 0 Å². The van der Waals surface area contributed by atoms with Gasteiger partial charge in [0.05, 0.1) is 12.5 Å². The van der Waals surface area contributed by atoms with Crippen LogP contribution in [0.1, 0.15) is 31.2 Å². The topological polar surface area (TPSA) is 38.3 Å².